The van der Waals surface area contributed by atoms with Crippen LogP contribution < -0.4 is 4.74 Å². The van der Waals surface area contributed by atoms with Crippen LogP contribution >= 0.6 is 0 Å². The van der Waals surface area contributed by atoms with Gasteiger partial charge in [0, 0.05) is 6.61 Å². The number of rotatable bonds is 28. The second kappa shape index (κ2) is 25.6. The Hall–Kier alpha value is -1.90. The monoisotopic (exact) mass is 616 g/mol. The molecule has 0 spiro atoms. The highest BCUT2D eigenvalue weighted by atomic mass is 19.2. The molecule has 0 aliphatic rings. The van der Waals surface area contributed by atoms with Crippen LogP contribution in [0.4, 0.5) is 22.0 Å². The number of hydrogen-bond acceptors (Lipinski definition) is 8. The first kappa shape index (κ1) is 38.1. The van der Waals surface area contributed by atoms with E-state index in [0.717, 1.165) is 13.0 Å². The maximum atomic E-state index is 13.5. The lowest BCUT2D eigenvalue weighted by molar-refractivity contribution is -0.136. The topological polar surface area (TPSA) is 81.7 Å². The predicted octanol–water partition coefficient (Wildman–Crippen LogP) is 5.92. The Morgan fingerprint density at radius 3 is 1.21 bits per heavy atom. The highest BCUT2D eigenvalue weighted by molar-refractivity contribution is 5.72. The fourth-order valence-corrected chi connectivity index (χ4v) is 3.53. The molecule has 0 amide bonds. The van der Waals surface area contributed by atoms with Gasteiger partial charge < -0.3 is 33.2 Å². The molecule has 0 fully saturated rings. The summed E-state index contributed by atoms with van der Waals surface area (Å²) in [5, 5.41) is 0. The third-order valence-corrected chi connectivity index (χ3v) is 5.84. The van der Waals surface area contributed by atoms with Crippen LogP contribution in [0.25, 0.3) is 0 Å². The zero-order chi connectivity index (χ0) is 30.8. The Bertz CT molecular complexity index is 818. The standard InChI is InChI=1S/C29H45F5O8/c1-2-3-4-5-6-7-8-9-11-36-13-15-38-17-19-40-21-22-41-20-18-39-16-14-37-12-10-23(35)42-29-27(33)25(31)24(30)26(32)28(29)34/h2-22H2,1H3. The van der Waals surface area contributed by atoms with E-state index in [2.05, 4.69) is 11.7 Å². The van der Waals surface area contributed by atoms with E-state index in [0.29, 0.717) is 52.9 Å². The van der Waals surface area contributed by atoms with Crippen LogP contribution in [0, 0.1) is 29.1 Å². The van der Waals surface area contributed by atoms with Crippen molar-refractivity contribution in [2.24, 2.45) is 0 Å². The highest BCUT2D eigenvalue weighted by Gasteiger charge is 2.28. The van der Waals surface area contributed by atoms with Gasteiger partial charge in [-0.15, -0.1) is 0 Å². The summed E-state index contributed by atoms with van der Waals surface area (Å²) in [6.07, 6.45) is 9.76. The smallest absolute Gasteiger partial charge is 0.313 e. The summed E-state index contributed by atoms with van der Waals surface area (Å²) in [7, 11) is 0. The Balaban J connectivity index is 1.82. The van der Waals surface area contributed by atoms with Crippen LogP contribution in [0.3, 0.4) is 0 Å². The summed E-state index contributed by atoms with van der Waals surface area (Å²) >= 11 is 0. The largest absolute Gasteiger partial charge is 0.420 e. The third kappa shape index (κ3) is 17.9. The fourth-order valence-electron chi connectivity index (χ4n) is 3.53. The van der Waals surface area contributed by atoms with Crippen molar-refractivity contribution in [1.29, 1.82) is 0 Å². The SMILES string of the molecule is CCCCCCCCCCOCCOCCOCCOCCOCCOCCC(=O)Oc1c(F)c(F)c(F)c(F)c1F. The van der Waals surface area contributed by atoms with E-state index in [4.69, 9.17) is 28.4 Å². The van der Waals surface area contributed by atoms with Crippen LogP contribution in [0.2, 0.25) is 0 Å². The summed E-state index contributed by atoms with van der Waals surface area (Å²) in [6, 6.07) is 0. The van der Waals surface area contributed by atoms with Gasteiger partial charge in [-0.25, -0.2) is 13.2 Å². The Kier molecular flexibility index (Phi) is 23.2. The van der Waals surface area contributed by atoms with E-state index in [9.17, 15) is 26.7 Å². The lowest BCUT2D eigenvalue weighted by atomic mass is 10.1. The number of carbonyl (C=O) groups is 1. The summed E-state index contributed by atoms with van der Waals surface area (Å²) in [4.78, 5) is 11.6. The Morgan fingerprint density at radius 1 is 0.452 bits per heavy atom. The number of carbonyl (C=O) groups excluding carboxylic acids is 1. The summed E-state index contributed by atoms with van der Waals surface area (Å²) in [5.41, 5.74) is 0. The van der Waals surface area contributed by atoms with Crippen LogP contribution in [-0.2, 0) is 33.2 Å². The van der Waals surface area contributed by atoms with Gasteiger partial charge in [0.15, 0.2) is 0 Å². The van der Waals surface area contributed by atoms with E-state index in [1.54, 1.807) is 0 Å². The van der Waals surface area contributed by atoms with Gasteiger partial charge in [-0.2, -0.15) is 8.78 Å². The van der Waals surface area contributed by atoms with Gasteiger partial charge in [-0.1, -0.05) is 51.9 Å². The van der Waals surface area contributed by atoms with E-state index in [1.807, 2.05) is 0 Å². The lowest BCUT2D eigenvalue weighted by Gasteiger charge is -2.09. The Morgan fingerprint density at radius 2 is 0.786 bits per heavy atom. The number of unbranched alkanes of at least 4 members (excludes halogenated alkanes) is 7. The highest BCUT2D eigenvalue weighted by Crippen LogP contribution is 2.29. The summed E-state index contributed by atoms with van der Waals surface area (Å²) < 4.78 is 103. The quantitative estimate of drug-likeness (QED) is 0.0287. The van der Waals surface area contributed by atoms with Crippen molar-refractivity contribution in [1.82, 2.24) is 0 Å². The van der Waals surface area contributed by atoms with Gasteiger partial charge in [0.2, 0.25) is 34.8 Å². The van der Waals surface area contributed by atoms with Crippen LogP contribution in [0.1, 0.15) is 64.7 Å². The number of benzene rings is 1. The molecule has 1 aromatic rings. The van der Waals surface area contributed by atoms with Gasteiger partial charge in [0.1, 0.15) is 0 Å². The van der Waals surface area contributed by atoms with Crippen molar-refractivity contribution in [3.63, 3.8) is 0 Å². The van der Waals surface area contributed by atoms with Gasteiger partial charge in [0.05, 0.1) is 79.1 Å². The predicted molar refractivity (Wildman–Crippen MR) is 144 cm³/mol. The molecule has 0 heterocycles. The first-order valence-electron chi connectivity index (χ1n) is 14.6. The average molecular weight is 617 g/mol. The van der Waals surface area contributed by atoms with Crippen molar-refractivity contribution in [2.45, 2.75) is 64.7 Å². The van der Waals surface area contributed by atoms with Crippen molar-refractivity contribution >= 4 is 5.97 Å². The molecule has 42 heavy (non-hydrogen) atoms. The van der Waals surface area contributed by atoms with Crippen molar-refractivity contribution in [3.05, 3.63) is 29.1 Å². The molecule has 0 atom stereocenters. The molecule has 13 heteroatoms. The van der Waals surface area contributed by atoms with Crippen molar-refractivity contribution in [2.75, 3.05) is 79.3 Å². The average Bonchev–Trinajstić information content (AvgIpc) is 2.99. The molecule has 0 saturated carbocycles. The second-order valence-corrected chi connectivity index (χ2v) is 9.27. The molecule has 0 aromatic heterocycles. The number of hydrogen-bond donors (Lipinski definition) is 0. The molecule has 0 unspecified atom stereocenters. The summed E-state index contributed by atoms with van der Waals surface area (Å²) in [5.74, 6) is -14.1. The molecule has 244 valence electrons. The molecule has 1 aromatic carbocycles. The van der Waals surface area contributed by atoms with Gasteiger partial charge >= 0.3 is 5.97 Å². The zero-order valence-corrected chi connectivity index (χ0v) is 24.5. The van der Waals surface area contributed by atoms with Crippen LogP contribution in [-0.4, -0.2) is 85.3 Å². The molecular weight excluding hydrogens is 571 g/mol. The first-order chi connectivity index (χ1) is 20.4. The minimum Gasteiger partial charge on any atom is -0.420 e. The van der Waals surface area contributed by atoms with Gasteiger partial charge in [0.25, 0.3) is 0 Å². The van der Waals surface area contributed by atoms with E-state index < -0.39 is 47.2 Å². The minimum atomic E-state index is -2.34. The number of ether oxygens (including phenoxy) is 7. The molecule has 1 rings (SSSR count). The summed E-state index contributed by atoms with van der Waals surface area (Å²) in [6.45, 7) is 6.61. The molecule has 8 nitrogen and oxygen atoms in total. The van der Waals surface area contributed by atoms with Gasteiger partial charge in [-0.05, 0) is 6.42 Å². The van der Waals surface area contributed by atoms with E-state index in [-0.39, 0.29) is 19.8 Å². The van der Waals surface area contributed by atoms with Crippen molar-refractivity contribution in [3.8, 4) is 5.75 Å². The Labute approximate surface area is 245 Å². The minimum absolute atomic E-state index is 0.100. The molecule has 0 N–H and O–H groups in total. The van der Waals surface area contributed by atoms with E-state index in [1.165, 1.54) is 44.9 Å². The van der Waals surface area contributed by atoms with Gasteiger partial charge in [-0.3, -0.25) is 4.79 Å². The third-order valence-electron chi connectivity index (χ3n) is 5.84. The maximum absolute atomic E-state index is 13.5. The molecule has 0 radical (unpaired) electrons. The molecule has 0 saturated heterocycles. The molecule has 0 bridgehead atoms. The molecular formula is C29H45F5O8. The second-order valence-electron chi connectivity index (χ2n) is 9.27. The molecule has 0 aliphatic carbocycles. The van der Waals surface area contributed by atoms with Crippen LogP contribution in [0.15, 0.2) is 0 Å². The zero-order valence-electron chi connectivity index (χ0n) is 24.5. The molecule has 0 aliphatic heterocycles. The number of halogens is 5. The van der Waals surface area contributed by atoms with E-state index >= 15 is 0 Å². The normalized spacial score (nSPS) is 11.4. The number of esters is 1. The van der Waals surface area contributed by atoms with Crippen LogP contribution in [0.5, 0.6) is 5.75 Å². The lowest BCUT2D eigenvalue weighted by Crippen LogP contribution is -2.16. The first-order valence-corrected chi connectivity index (χ1v) is 14.6. The fraction of sp³-hybridized carbons (Fsp3) is 0.759. The maximum Gasteiger partial charge on any atom is 0.313 e. The van der Waals surface area contributed by atoms with Crippen molar-refractivity contribution < 1.29 is 59.9 Å².